The van der Waals surface area contributed by atoms with Crippen molar-refractivity contribution in [3.63, 3.8) is 0 Å². The number of ether oxygens (including phenoxy) is 2. The van der Waals surface area contributed by atoms with Gasteiger partial charge in [-0.25, -0.2) is 4.79 Å². The number of rotatable bonds is 6. The highest BCUT2D eigenvalue weighted by molar-refractivity contribution is 7.15. The van der Waals surface area contributed by atoms with Gasteiger partial charge in [0.25, 0.3) is 5.91 Å². The summed E-state index contributed by atoms with van der Waals surface area (Å²) in [6.45, 7) is 2.00. The Bertz CT molecular complexity index is 1240. The van der Waals surface area contributed by atoms with Crippen LogP contribution in [0.15, 0.2) is 72.1 Å². The van der Waals surface area contributed by atoms with Crippen LogP contribution < -0.4 is 10.1 Å². The van der Waals surface area contributed by atoms with Crippen LogP contribution in [0.1, 0.15) is 27.6 Å². The van der Waals surface area contributed by atoms with Crippen LogP contribution in [0.2, 0.25) is 0 Å². The number of hydrogen-bond acceptors (Lipinski definition) is 5. The topological polar surface area (TPSA) is 64.6 Å². The molecule has 0 saturated heterocycles. The molecular weight excluding hydrogens is 410 g/mol. The van der Waals surface area contributed by atoms with Gasteiger partial charge in [-0.2, -0.15) is 0 Å². The van der Waals surface area contributed by atoms with E-state index in [-0.39, 0.29) is 12.5 Å². The molecule has 0 saturated carbocycles. The maximum atomic E-state index is 13.1. The minimum Gasteiger partial charge on any atom is -0.497 e. The Morgan fingerprint density at radius 3 is 2.45 bits per heavy atom. The summed E-state index contributed by atoms with van der Waals surface area (Å²) in [5.41, 5.74) is 2.45. The minimum atomic E-state index is -0.470. The Labute approximate surface area is 184 Å². The molecule has 0 radical (unpaired) electrons. The molecule has 1 heterocycles. The second-order valence-corrected chi connectivity index (χ2v) is 7.66. The molecule has 0 fully saturated rings. The van der Waals surface area contributed by atoms with Gasteiger partial charge in [0.1, 0.15) is 16.3 Å². The zero-order valence-corrected chi connectivity index (χ0v) is 18.0. The second kappa shape index (κ2) is 9.02. The lowest BCUT2D eigenvalue weighted by Crippen LogP contribution is -2.15. The highest BCUT2D eigenvalue weighted by atomic mass is 32.1. The standard InChI is InChI=1S/C25H21NO4S/c1-3-30-25(28)22-21(17-11-13-18(29-2)14-12-17)15-31-24(22)26-23(27)20-10-6-8-16-7-4-5-9-19(16)20/h4-15H,3H2,1-2H3,(H,26,27). The van der Waals surface area contributed by atoms with Gasteiger partial charge in [0.2, 0.25) is 0 Å². The lowest BCUT2D eigenvalue weighted by Gasteiger charge is -2.10. The molecular formula is C25H21NO4S. The Balaban J connectivity index is 1.73. The predicted octanol–water partition coefficient (Wildman–Crippen LogP) is 6.01. The first-order chi connectivity index (χ1) is 15.1. The van der Waals surface area contributed by atoms with Gasteiger partial charge < -0.3 is 14.8 Å². The average molecular weight is 432 g/mol. The van der Waals surface area contributed by atoms with Crippen molar-refractivity contribution in [2.45, 2.75) is 6.92 Å². The number of amides is 1. The largest absolute Gasteiger partial charge is 0.497 e. The number of esters is 1. The second-order valence-electron chi connectivity index (χ2n) is 6.78. The number of carbonyl (C=O) groups is 2. The summed E-state index contributed by atoms with van der Waals surface area (Å²) in [6, 6.07) is 20.7. The summed E-state index contributed by atoms with van der Waals surface area (Å²) >= 11 is 1.30. The maximum Gasteiger partial charge on any atom is 0.341 e. The molecule has 4 rings (SSSR count). The number of hydrogen-bond donors (Lipinski definition) is 1. The molecule has 3 aromatic carbocycles. The van der Waals surface area contributed by atoms with Crippen molar-refractivity contribution in [3.8, 4) is 16.9 Å². The van der Waals surface area contributed by atoms with E-state index in [4.69, 9.17) is 9.47 Å². The van der Waals surface area contributed by atoms with Gasteiger partial charge in [-0.15, -0.1) is 11.3 Å². The monoisotopic (exact) mass is 431 g/mol. The fourth-order valence-corrected chi connectivity index (χ4v) is 4.39. The zero-order valence-electron chi connectivity index (χ0n) is 17.2. The fourth-order valence-electron chi connectivity index (χ4n) is 3.43. The average Bonchev–Trinajstić information content (AvgIpc) is 3.22. The first kappa shape index (κ1) is 20.6. The van der Waals surface area contributed by atoms with Gasteiger partial charge >= 0.3 is 5.97 Å². The van der Waals surface area contributed by atoms with Crippen LogP contribution in [0, 0.1) is 0 Å². The van der Waals surface area contributed by atoms with Gasteiger partial charge in [-0.1, -0.05) is 48.5 Å². The number of benzene rings is 3. The molecule has 0 aliphatic heterocycles. The number of fused-ring (bicyclic) bond motifs is 1. The van der Waals surface area contributed by atoms with Gasteiger partial charge in [0, 0.05) is 16.5 Å². The number of anilines is 1. The molecule has 5 nitrogen and oxygen atoms in total. The smallest absolute Gasteiger partial charge is 0.341 e. The van der Waals surface area contributed by atoms with E-state index in [1.165, 1.54) is 11.3 Å². The summed E-state index contributed by atoms with van der Waals surface area (Å²) in [5, 5.41) is 7.07. The Hall–Kier alpha value is -3.64. The van der Waals surface area contributed by atoms with E-state index in [2.05, 4.69) is 5.32 Å². The highest BCUT2D eigenvalue weighted by Crippen LogP contribution is 2.37. The number of carbonyl (C=O) groups excluding carboxylic acids is 2. The van der Waals surface area contributed by atoms with Crippen LogP contribution in [-0.4, -0.2) is 25.6 Å². The molecule has 156 valence electrons. The first-order valence-corrected chi connectivity index (χ1v) is 10.7. The van der Waals surface area contributed by atoms with Crippen LogP contribution in [0.3, 0.4) is 0 Å². The van der Waals surface area contributed by atoms with E-state index in [0.29, 0.717) is 21.7 Å². The molecule has 31 heavy (non-hydrogen) atoms. The van der Waals surface area contributed by atoms with Gasteiger partial charge in [-0.3, -0.25) is 4.79 Å². The quantitative estimate of drug-likeness (QED) is 0.380. The van der Waals surface area contributed by atoms with Crippen LogP contribution in [0.25, 0.3) is 21.9 Å². The van der Waals surface area contributed by atoms with Crippen LogP contribution in [-0.2, 0) is 4.74 Å². The normalized spacial score (nSPS) is 10.6. The molecule has 0 atom stereocenters. The van der Waals surface area contributed by atoms with E-state index in [1.54, 1.807) is 20.1 Å². The van der Waals surface area contributed by atoms with Gasteiger partial charge in [-0.05, 0) is 41.5 Å². The Morgan fingerprint density at radius 1 is 0.968 bits per heavy atom. The van der Waals surface area contributed by atoms with Crippen molar-refractivity contribution < 1.29 is 19.1 Å². The third-order valence-corrected chi connectivity index (χ3v) is 5.83. The van der Waals surface area contributed by atoms with Gasteiger partial charge in [0.05, 0.1) is 13.7 Å². The van der Waals surface area contributed by atoms with E-state index < -0.39 is 5.97 Å². The first-order valence-electron chi connectivity index (χ1n) is 9.84. The lowest BCUT2D eigenvalue weighted by molar-refractivity contribution is 0.0529. The van der Waals surface area contributed by atoms with E-state index in [0.717, 1.165) is 22.1 Å². The maximum absolute atomic E-state index is 13.1. The molecule has 0 unspecified atom stereocenters. The summed E-state index contributed by atoms with van der Waals surface area (Å²) in [6.07, 6.45) is 0. The highest BCUT2D eigenvalue weighted by Gasteiger charge is 2.23. The minimum absolute atomic E-state index is 0.243. The summed E-state index contributed by atoms with van der Waals surface area (Å²) in [7, 11) is 1.60. The molecule has 0 aliphatic carbocycles. The predicted molar refractivity (Wildman–Crippen MR) is 124 cm³/mol. The van der Waals surface area contributed by atoms with Crippen molar-refractivity contribution in [1.29, 1.82) is 0 Å². The van der Waals surface area contributed by atoms with Crippen molar-refractivity contribution in [2.24, 2.45) is 0 Å². The third-order valence-electron chi connectivity index (χ3n) is 4.93. The molecule has 0 spiro atoms. The molecule has 0 bridgehead atoms. The summed E-state index contributed by atoms with van der Waals surface area (Å²) in [5.74, 6) is -0.0191. The van der Waals surface area contributed by atoms with E-state index >= 15 is 0 Å². The fraction of sp³-hybridized carbons (Fsp3) is 0.120. The lowest BCUT2D eigenvalue weighted by atomic mass is 10.0. The molecule has 6 heteroatoms. The van der Waals surface area contributed by atoms with E-state index in [9.17, 15) is 9.59 Å². The molecule has 1 amide bonds. The van der Waals surface area contributed by atoms with E-state index in [1.807, 2.05) is 66.0 Å². The third kappa shape index (κ3) is 4.15. The molecule has 1 N–H and O–H groups in total. The van der Waals surface area contributed by atoms with Crippen molar-refractivity contribution in [2.75, 3.05) is 19.0 Å². The number of methoxy groups -OCH3 is 1. The van der Waals surface area contributed by atoms with Crippen molar-refractivity contribution in [1.82, 2.24) is 0 Å². The molecule has 4 aromatic rings. The molecule has 1 aromatic heterocycles. The van der Waals surface area contributed by atoms with Crippen LogP contribution >= 0.6 is 11.3 Å². The Kier molecular flexibility index (Phi) is 6.00. The summed E-state index contributed by atoms with van der Waals surface area (Å²) in [4.78, 5) is 25.9. The van der Waals surface area contributed by atoms with Gasteiger partial charge in [0.15, 0.2) is 0 Å². The molecule has 0 aliphatic rings. The van der Waals surface area contributed by atoms with Crippen LogP contribution in [0.4, 0.5) is 5.00 Å². The van der Waals surface area contributed by atoms with Crippen molar-refractivity contribution >= 4 is 39.0 Å². The Morgan fingerprint density at radius 2 is 1.71 bits per heavy atom. The number of thiophene rings is 1. The van der Waals surface area contributed by atoms with Crippen molar-refractivity contribution in [3.05, 3.63) is 83.2 Å². The summed E-state index contributed by atoms with van der Waals surface area (Å²) < 4.78 is 10.5. The SMILES string of the molecule is CCOC(=O)c1c(-c2ccc(OC)cc2)csc1NC(=O)c1cccc2ccccc12. The zero-order chi connectivity index (χ0) is 21.8. The number of nitrogens with one attached hydrogen (secondary N) is 1. The van der Waals surface area contributed by atoms with Crippen LogP contribution in [0.5, 0.6) is 5.75 Å².